The molecule has 0 amide bonds. The van der Waals surface area contributed by atoms with Crippen LogP contribution in [0.3, 0.4) is 0 Å². The Bertz CT molecular complexity index is 783. The van der Waals surface area contributed by atoms with E-state index in [0.29, 0.717) is 12.1 Å². The van der Waals surface area contributed by atoms with Crippen molar-refractivity contribution < 1.29 is 52.6 Å². The molecule has 6 nitrogen and oxygen atoms in total. The zero-order chi connectivity index (χ0) is 20.6. The molecule has 15 heteroatoms. The standard InChI is InChI=1S/C11H7F8NO5S/c12-8(13)10(16,17)11(18,19)9(14,15)5-25-26(23,24)7-4-2-1-3-6(7)20(21)22/h1-4,8H,5H2. The number of hydrogen-bond donors (Lipinski definition) is 0. The average molecular weight is 417 g/mol. The van der Waals surface area contributed by atoms with Crippen molar-refractivity contribution >= 4 is 15.8 Å². The van der Waals surface area contributed by atoms with Gasteiger partial charge in [0, 0.05) is 6.07 Å². The lowest BCUT2D eigenvalue weighted by Gasteiger charge is -2.31. The van der Waals surface area contributed by atoms with Gasteiger partial charge in [0.25, 0.3) is 5.69 Å². The molecule has 0 aliphatic carbocycles. The van der Waals surface area contributed by atoms with Crippen LogP contribution in [0.1, 0.15) is 0 Å². The highest BCUT2D eigenvalue weighted by molar-refractivity contribution is 7.87. The average Bonchev–Trinajstić information content (AvgIpc) is 2.52. The lowest BCUT2D eigenvalue weighted by atomic mass is 10.1. The van der Waals surface area contributed by atoms with E-state index in [4.69, 9.17) is 0 Å². The van der Waals surface area contributed by atoms with Crippen LogP contribution in [-0.2, 0) is 14.3 Å². The van der Waals surface area contributed by atoms with Crippen LogP contribution in [-0.4, -0.2) is 44.1 Å². The van der Waals surface area contributed by atoms with Gasteiger partial charge in [-0.05, 0) is 6.07 Å². The molecule has 0 aliphatic rings. The molecule has 0 atom stereocenters. The second-order valence-corrected chi connectivity index (χ2v) is 6.23. The molecule has 0 spiro atoms. The van der Waals surface area contributed by atoms with Gasteiger partial charge in [0.1, 0.15) is 6.61 Å². The highest BCUT2D eigenvalue weighted by Crippen LogP contribution is 2.48. The summed E-state index contributed by atoms with van der Waals surface area (Å²) in [5.41, 5.74) is -1.18. The quantitative estimate of drug-likeness (QED) is 0.280. The fraction of sp³-hybridized carbons (Fsp3) is 0.455. The van der Waals surface area contributed by atoms with Crippen LogP contribution in [0.4, 0.5) is 40.8 Å². The highest BCUT2D eigenvalue weighted by Gasteiger charge is 2.75. The van der Waals surface area contributed by atoms with Gasteiger partial charge in [0.05, 0.1) is 4.92 Å². The van der Waals surface area contributed by atoms with Crippen molar-refractivity contribution in [1.29, 1.82) is 0 Å². The second-order valence-electron chi connectivity index (χ2n) is 4.64. The zero-order valence-electron chi connectivity index (χ0n) is 12.0. The predicted octanol–water partition coefficient (Wildman–Crippen LogP) is 3.47. The Hall–Kier alpha value is -2.03. The van der Waals surface area contributed by atoms with E-state index < -0.39 is 56.4 Å². The van der Waals surface area contributed by atoms with E-state index in [1.54, 1.807) is 0 Å². The Kier molecular flexibility index (Phi) is 5.88. The van der Waals surface area contributed by atoms with Gasteiger partial charge in [-0.2, -0.15) is 34.8 Å². The van der Waals surface area contributed by atoms with Crippen molar-refractivity contribution in [3.63, 3.8) is 0 Å². The minimum absolute atomic E-state index is 0.498. The molecule has 26 heavy (non-hydrogen) atoms. The van der Waals surface area contributed by atoms with Gasteiger partial charge in [-0.3, -0.25) is 14.3 Å². The van der Waals surface area contributed by atoms with Crippen LogP contribution in [0.25, 0.3) is 0 Å². The summed E-state index contributed by atoms with van der Waals surface area (Å²) in [5, 5.41) is 10.7. The molecule has 1 aromatic rings. The number of para-hydroxylation sites is 1. The summed E-state index contributed by atoms with van der Waals surface area (Å²) in [6.45, 7) is -2.96. The third-order valence-corrected chi connectivity index (χ3v) is 4.19. The summed E-state index contributed by atoms with van der Waals surface area (Å²) >= 11 is 0. The van der Waals surface area contributed by atoms with E-state index >= 15 is 0 Å². The minimum Gasteiger partial charge on any atom is -0.260 e. The second kappa shape index (κ2) is 6.94. The normalized spacial score (nSPS) is 13.9. The lowest BCUT2D eigenvalue weighted by Crippen LogP contribution is -2.59. The first-order chi connectivity index (χ1) is 11.6. The molecular weight excluding hydrogens is 410 g/mol. The molecule has 0 saturated carbocycles. The van der Waals surface area contributed by atoms with Crippen molar-refractivity contribution in [3.8, 4) is 0 Å². The van der Waals surface area contributed by atoms with Gasteiger partial charge in [0.15, 0.2) is 4.90 Å². The Morgan fingerprint density at radius 3 is 2.04 bits per heavy atom. The summed E-state index contributed by atoms with van der Waals surface area (Å²) < 4.78 is 129. The van der Waals surface area contributed by atoms with Crippen molar-refractivity contribution in [2.75, 3.05) is 6.61 Å². The molecule has 0 radical (unpaired) electrons. The molecule has 0 fully saturated rings. The molecule has 1 rings (SSSR count). The van der Waals surface area contributed by atoms with E-state index in [2.05, 4.69) is 4.18 Å². The summed E-state index contributed by atoms with van der Waals surface area (Å²) in [7, 11) is -5.48. The number of benzene rings is 1. The lowest BCUT2D eigenvalue weighted by molar-refractivity contribution is -0.387. The largest absolute Gasteiger partial charge is 0.380 e. The minimum atomic E-state index is -6.67. The van der Waals surface area contributed by atoms with Crippen LogP contribution >= 0.6 is 0 Å². The number of hydrogen-bond acceptors (Lipinski definition) is 5. The molecule has 148 valence electrons. The maximum absolute atomic E-state index is 13.3. The first kappa shape index (κ1) is 22.0. The van der Waals surface area contributed by atoms with Crippen LogP contribution in [0, 0.1) is 10.1 Å². The van der Waals surface area contributed by atoms with Crippen molar-refractivity contribution in [2.24, 2.45) is 0 Å². The third-order valence-electron chi connectivity index (χ3n) is 2.88. The molecule has 0 saturated heterocycles. The van der Waals surface area contributed by atoms with Crippen molar-refractivity contribution in [2.45, 2.75) is 29.1 Å². The maximum atomic E-state index is 13.3. The Labute approximate surface area is 139 Å². The Morgan fingerprint density at radius 2 is 1.58 bits per heavy atom. The van der Waals surface area contributed by atoms with Gasteiger partial charge in [-0.25, -0.2) is 8.78 Å². The molecule has 1 aromatic carbocycles. The number of nitro groups is 1. The van der Waals surface area contributed by atoms with Crippen LogP contribution in [0.5, 0.6) is 0 Å². The number of halogens is 8. The fourth-order valence-electron chi connectivity index (χ4n) is 1.51. The van der Waals surface area contributed by atoms with E-state index in [0.717, 1.165) is 12.1 Å². The van der Waals surface area contributed by atoms with Crippen LogP contribution in [0.15, 0.2) is 29.2 Å². The maximum Gasteiger partial charge on any atom is 0.380 e. The first-order valence-corrected chi connectivity index (χ1v) is 7.53. The summed E-state index contributed by atoms with van der Waals surface area (Å²) in [6, 6.07) is 2.97. The Morgan fingerprint density at radius 1 is 1.08 bits per heavy atom. The third kappa shape index (κ3) is 3.87. The number of rotatable bonds is 8. The van der Waals surface area contributed by atoms with Crippen LogP contribution < -0.4 is 0 Å². The molecule has 0 unspecified atom stereocenters. The topological polar surface area (TPSA) is 86.5 Å². The molecule has 0 aliphatic heterocycles. The van der Waals surface area contributed by atoms with Gasteiger partial charge < -0.3 is 0 Å². The smallest absolute Gasteiger partial charge is 0.260 e. The molecule has 0 heterocycles. The number of nitrogens with zero attached hydrogens (tertiary/aromatic N) is 1. The van der Waals surface area contributed by atoms with E-state index in [-0.39, 0.29) is 0 Å². The molecule has 0 aromatic heterocycles. The summed E-state index contributed by atoms with van der Waals surface area (Å²) in [5.74, 6) is -19.2. The summed E-state index contributed by atoms with van der Waals surface area (Å²) in [4.78, 5) is 8.07. The monoisotopic (exact) mass is 417 g/mol. The highest BCUT2D eigenvalue weighted by atomic mass is 32.2. The molecule has 0 N–H and O–H groups in total. The van der Waals surface area contributed by atoms with Gasteiger partial charge in [-0.15, -0.1) is 0 Å². The zero-order valence-corrected chi connectivity index (χ0v) is 12.8. The van der Waals surface area contributed by atoms with Gasteiger partial charge in [-0.1, -0.05) is 12.1 Å². The van der Waals surface area contributed by atoms with Gasteiger partial charge >= 0.3 is 34.3 Å². The van der Waals surface area contributed by atoms with Crippen LogP contribution in [0.2, 0.25) is 0 Å². The number of nitro benzene ring substituents is 1. The van der Waals surface area contributed by atoms with E-state index in [1.807, 2.05) is 0 Å². The SMILES string of the molecule is O=[N+]([O-])c1ccccc1S(=O)(=O)OCC(F)(F)C(F)(F)C(F)(F)C(F)F. The van der Waals surface area contributed by atoms with Crippen molar-refractivity contribution in [1.82, 2.24) is 0 Å². The number of alkyl halides is 8. The fourth-order valence-corrected chi connectivity index (χ4v) is 2.58. The summed E-state index contributed by atoms with van der Waals surface area (Å²) in [6.07, 6.45) is -5.19. The predicted molar refractivity (Wildman–Crippen MR) is 67.1 cm³/mol. The Balaban J connectivity index is 3.16. The molecule has 0 bridgehead atoms. The first-order valence-electron chi connectivity index (χ1n) is 6.12. The van der Waals surface area contributed by atoms with E-state index in [9.17, 15) is 53.7 Å². The molecular formula is C11H7F8NO5S. The van der Waals surface area contributed by atoms with E-state index in [1.165, 1.54) is 0 Å². The van der Waals surface area contributed by atoms with Gasteiger partial charge in [0.2, 0.25) is 0 Å². The van der Waals surface area contributed by atoms with Crippen molar-refractivity contribution in [3.05, 3.63) is 34.4 Å².